The second kappa shape index (κ2) is 8.72. The van der Waals surface area contributed by atoms with Crippen molar-refractivity contribution >= 4 is 33.5 Å². The number of aromatic amines is 2. The van der Waals surface area contributed by atoms with Crippen molar-refractivity contribution in [3.63, 3.8) is 0 Å². The second-order valence-electron chi connectivity index (χ2n) is 8.76. The molecule has 3 N–H and O–H groups in total. The fourth-order valence-electron chi connectivity index (χ4n) is 4.75. The molecule has 1 fully saturated rings. The summed E-state index contributed by atoms with van der Waals surface area (Å²) in [5, 5.41) is 12.2. The first kappa shape index (κ1) is 20.6. The number of anilines is 1. The minimum absolute atomic E-state index is 0.235. The van der Waals surface area contributed by atoms with Gasteiger partial charge in [-0.1, -0.05) is 12.5 Å². The van der Waals surface area contributed by atoms with Crippen LogP contribution in [0.4, 0.5) is 5.69 Å². The van der Waals surface area contributed by atoms with E-state index in [0.29, 0.717) is 11.4 Å². The molecule has 0 saturated carbocycles. The monoisotopic (exact) mass is 451 g/mol. The first-order valence-corrected chi connectivity index (χ1v) is 11.6. The number of carbonyl (C=O) groups is 1. The van der Waals surface area contributed by atoms with E-state index >= 15 is 0 Å². The normalized spacial score (nSPS) is 14.6. The number of fused-ring (bicyclic) bond motifs is 2. The Morgan fingerprint density at radius 2 is 1.97 bits per heavy atom. The summed E-state index contributed by atoms with van der Waals surface area (Å²) in [5.41, 5.74) is 5.68. The van der Waals surface area contributed by atoms with Crippen molar-refractivity contribution in [2.75, 3.05) is 18.4 Å². The summed E-state index contributed by atoms with van der Waals surface area (Å²) in [7, 11) is 0. The summed E-state index contributed by atoms with van der Waals surface area (Å²) < 4.78 is 0. The van der Waals surface area contributed by atoms with Crippen LogP contribution in [-0.2, 0) is 6.54 Å². The number of pyridine rings is 2. The molecule has 0 bridgehead atoms. The standard InChI is InChI=1S/C26H25N7O/c34-26(22-6-4-5-18(30-22)16-33-11-2-1-3-12-33)31-23-13-17(14-24-21(23)15-29-32-24)19-7-9-27-25-20(19)8-10-28-25/h4-10,13-15H,1-3,11-12,16H2,(H,27,28)(H,29,32)(H,31,34). The maximum atomic E-state index is 13.2. The van der Waals surface area contributed by atoms with Crippen LogP contribution in [0.3, 0.4) is 0 Å². The van der Waals surface area contributed by atoms with Gasteiger partial charge in [-0.2, -0.15) is 5.10 Å². The van der Waals surface area contributed by atoms with Gasteiger partial charge in [0.15, 0.2) is 0 Å². The average molecular weight is 452 g/mol. The number of hydrogen-bond acceptors (Lipinski definition) is 5. The van der Waals surface area contributed by atoms with Crippen LogP contribution in [0, 0.1) is 0 Å². The predicted octanol–water partition coefficient (Wildman–Crippen LogP) is 4.74. The lowest BCUT2D eigenvalue weighted by Gasteiger charge is -2.26. The highest BCUT2D eigenvalue weighted by atomic mass is 16.1. The number of hydrogen-bond donors (Lipinski definition) is 3. The molecule has 1 aliphatic rings. The van der Waals surface area contributed by atoms with Gasteiger partial charge < -0.3 is 10.3 Å². The van der Waals surface area contributed by atoms with Gasteiger partial charge in [0.1, 0.15) is 11.3 Å². The largest absolute Gasteiger partial charge is 0.346 e. The van der Waals surface area contributed by atoms with Gasteiger partial charge in [-0.25, -0.2) is 9.97 Å². The van der Waals surface area contributed by atoms with E-state index in [1.165, 1.54) is 19.3 Å². The van der Waals surface area contributed by atoms with Crippen LogP contribution in [0.15, 0.2) is 61.1 Å². The summed E-state index contributed by atoms with van der Waals surface area (Å²) in [6, 6.07) is 13.7. The molecule has 0 spiro atoms. The molecule has 1 aliphatic heterocycles. The Bertz CT molecular complexity index is 1480. The molecule has 6 rings (SSSR count). The molecule has 170 valence electrons. The van der Waals surface area contributed by atoms with E-state index in [0.717, 1.165) is 58.4 Å². The van der Waals surface area contributed by atoms with E-state index in [-0.39, 0.29) is 5.91 Å². The number of aromatic nitrogens is 5. The molecule has 1 aromatic carbocycles. The highest BCUT2D eigenvalue weighted by Gasteiger charge is 2.16. The zero-order valence-electron chi connectivity index (χ0n) is 18.7. The van der Waals surface area contributed by atoms with Gasteiger partial charge in [0.25, 0.3) is 5.91 Å². The van der Waals surface area contributed by atoms with Crippen molar-refractivity contribution in [3.05, 3.63) is 72.4 Å². The van der Waals surface area contributed by atoms with Gasteiger partial charge in [-0.3, -0.25) is 14.8 Å². The first-order chi connectivity index (χ1) is 16.7. The summed E-state index contributed by atoms with van der Waals surface area (Å²) in [4.78, 5) is 27.8. The Hall–Kier alpha value is -4.04. The van der Waals surface area contributed by atoms with Crippen molar-refractivity contribution in [1.82, 2.24) is 30.0 Å². The second-order valence-corrected chi connectivity index (χ2v) is 8.76. The number of carbonyl (C=O) groups excluding carboxylic acids is 1. The Morgan fingerprint density at radius 3 is 2.88 bits per heavy atom. The molecule has 4 aromatic heterocycles. The maximum absolute atomic E-state index is 13.2. The van der Waals surface area contributed by atoms with Crippen LogP contribution in [0.5, 0.6) is 0 Å². The van der Waals surface area contributed by atoms with Crippen LogP contribution in [0.2, 0.25) is 0 Å². The average Bonchev–Trinajstić information content (AvgIpc) is 3.54. The number of likely N-dealkylation sites (tertiary alicyclic amines) is 1. The van der Waals surface area contributed by atoms with Crippen molar-refractivity contribution in [2.45, 2.75) is 25.8 Å². The fourth-order valence-corrected chi connectivity index (χ4v) is 4.75. The minimum atomic E-state index is -0.235. The van der Waals surface area contributed by atoms with E-state index in [1.807, 2.05) is 42.6 Å². The molecule has 1 amide bonds. The lowest BCUT2D eigenvalue weighted by molar-refractivity contribution is 0.102. The van der Waals surface area contributed by atoms with Gasteiger partial charge in [-0.15, -0.1) is 0 Å². The molecule has 0 unspecified atom stereocenters. The molecule has 5 aromatic rings. The Labute approximate surface area is 196 Å². The highest BCUT2D eigenvalue weighted by Crippen LogP contribution is 2.33. The van der Waals surface area contributed by atoms with E-state index in [2.05, 4.69) is 35.4 Å². The van der Waals surface area contributed by atoms with Crippen molar-refractivity contribution in [1.29, 1.82) is 0 Å². The van der Waals surface area contributed by atoms with Crippen molar-refractivity contribution < 1.29 is 4.79 Å². The third-order valence-electron chi connectivity index (χ3n) is 6.45. The Kier molecular flexibility index (Phi) is 5.27. The number of nitrogens with one attached hydrogen (secondary N) is 3. The molecule has 8 heteroatoms. The third kappa shape index (κ3) is 3.92. The zero-order chi connectivity index (χ0) is 22.9. The van der Waals surface area contributed by atoms with Gasteiger partial charge in [-0.05, 0) is 73.5 Å². The molecule has 5 heterocycles. The summed E-state index contributed by atoms with van der Waals surface area (Å²) in [5.74, 6) is -0.235. The fraction of sp³-hybridized carbons (Fsp3) is 0.231. The molecule has 0 aliphatic carbocycles. The van der Waals surface area contributed by atoms with Crippen molar-refractivity contribution in [2.24, 2.45) is 0 Å². The molecule has 1 saturated heterocycles. The number of piperidine rings is 1. The van der Waals surface area contributed by atoms with E-state index in [9.17, 15) is 4.79 Å². The summed E-state index contributed by atoms with van der Waals surface area (Å²) in [6.07, 6.45) is 9.13. The summed E-state index contributed by atoms with van der Waals surface area (Å²) in [6.45, 7) is 2.96. The topological polar surface area (TPSA) is 103 Å². The van der Waals surface area contributed by atoms with Crippen LogP contribution in [-0.4, -0.2) is 49.0 Å². The number of rotatable bonds is 5. The number of nitrogens with zero attached hydrogens (tertiary/aromatic N) is 4. The van der Waals surface area contributed by atoms with Gasteiger partial charge in [0.05, 0.1) is 23.1 Å². The third-order valence-corrected chi connectivity index (χ3v) is 6.45. The lowest BCUT2D eigenvalue weighted by atomic mass is 10.0. The minimum Gasteiger partial charge on any atom is -0.346 e. The molecular weight excluding hydrogens is 426 g/mol. The number of amides is 1. The molecule has 34 heavy (non-hydrogen) atoms. The van der Waals surface area contributed by atoms with E-state index in [1.54, 1.807) is 18.5 Å². The van der Waals surface area contributed by atoms with Crippen molar-refractivity contribution in [3.8, 4) is 11.1 Å². The van der Waals surface area contributed by atoms with E-state index in [4.69, 9.17) is 0 Å². The van der Waals surface area contributed by atoms with Gasteiger partial charge in [0.2, 0.25) is 0 Å². The lowest BCUT2D eigenvalue weighted by Crippen LogP contribution is -2.29. The SMILES string of the molecule is O=C(Nc1cc(-c2ccnc3[nH]ccc23)cc2[nH]ncc12)c1cccc(CN2CCCCC2)n1. The molecule has 0 atom stereocenters. The predicted molar refractivity (Wildman–Crippen MR) is 132 cm³/mol. The Morgan fingerprint density at radius 1 is 1.06 bits per heavy atom. The van der Waals surface area contributed by atoms with Crippen LogP contribution < -0.4 is 5.32 Å². The number of benzene rings is 1. The Balaban J connectivity index is 1.31. The van der Waals surface area contributed by atoms with Crippen LogP contribution in [0.1, 0.15) is 35.4 Å². The van der Waals surface area contributed by atoms with Gasteiger partial charge >= 0.3 is 0 Å². The smallest absolute Gasteiger partial charge is 0.274 e. The zero-order valence-corrected chi connectivity index (χ0v) is 18.7. The first-order valence-electron chi connectivity index (χ1n) is 11.6. The summed E-state index contributed by atoms with van der Waals surface area (Å²) >= 11 is 0. The molecule has 8 nitrogen and oxygen atoms in total. The quantitative estimate of drug-likeness (QED) is 0.358. The molecular formula is C26H25N7O. The van der Waals surface area contributed by atoms with Crippen LogP contribution in [0.25, 0.3) is 33.1 Å². The molecule has 0 radical (unpaired) electrons. The van der Waals surface area contributed by atoms with E-state index < -0.39 is 0 Å². The number of H-pyrrole nitrogens is 2. The van der Waals surface area contributed by atoms with Crippen LogP contribution >= 0.6 is 0 Å². The van der Waals surface area contributed by atoms with Gasteiger partial charge in [0, 0.05) is 29.7 Å². The highest BCUT2D eigenvalue weighted by molar-refractivity contribution is 6.09. The maximum Gasteiger partial charge on any atom is 0.274 e.